The average molecular weight is 354 g/mol. The molecule has 0 bridgehead atoms. The van der Waals surface area contributed by atoms with Crippen molar-refractivity contribution in [2.75, 3.05) is 5.32 Å². The average Bonchev–Trinajstić information content (AvgIpc) is 2.60. The largest absolute Gasteiger partial charge is 0.320 e. The molecule has 0 aliphatic carbocycles. The lowest BCUT2D eigenvalue weighted by molar-refractivity contribution is -0.383. The number of carbonyl (C=O) groups excluding carboxylic acids is 2. The van der Waals surface area contributed by atoms with Gasteiger partial charge in [0.2, 0.25) is 5.91 Å². The van der Waals surface area contributed by atoms with Gasteiger partial charge in [-0.25, -0.2) is 5.43 Å². The highest BCUT2D eigenvalue weighted by atomic mass is 16.6. The molecule has 2 rings (SSSR count). The van der Waals surface area contributed by atoms with Crippen LogP contribution >= 0.6 is 0 Å². The van der Waals surface area contributed by atoms with E-state index in [0.29, 0.717) is 11.3 Å². The molecule has 0 aliphatic heterocycles. The summed E-state index contributed by atoms with van der Waals surface area (Å²) >= 11 is 0. The van der Waals surface area contributed by atoms with Crippen LogP contribution in [0.3, 0.4) is 0 Å². The number of nitrogens with zero attached hydrogens (tertiary/aromatic N) is 2. The first-order valence-electron chi connectivity index (χ1n) is 7.80. The van der Waals surface area contributed by atoms with Crippen LogP contribution in [0.1, 0.15) is 29.3 Å². The number of hydrogen-bond donors (Lipinski definition) is 2. The van der Waals surface area contributed by atoms with Crippen LogP contribution in [0.15, 0.2) is 53.6 Å². The molecular formula is C18H18N4O4. The summed E-state index contributed by atoms with van der Waals surface area (Å²) in [5.74, 6) is -0.853. The summed E-state index contributed by atoms with van der Waals surface area (Å²) in [5, 5.41) is 17.3. The second-order valence-corrected chi connectivity index (χ2v) is 5.65. The van der Waals surface area contributed by atoms with Crippen molar-refractivity contribution < 1.29 is 14.5 Å². The fourth-order valence-electron chi connectivity index (χ4n) is 2.12. The van der Waals surface area contributed by atoms with E-state index in [1.807, 2.05) is 19.1 Å². The molecular weight excluding hydrogens is 336 g/mol. The zero-order valence-corrected chi connectivity index (χ0v) is 14.4. The number of para-hydroxylation sites is 2. The van der Waals surface area contributed by atoms with Gasteiger partial charge in [-0.05, 0) is 32.0 Å². The number of anilines is 1. The van der Waals surface area contributed by atoms with E-state index in [-0.39, 0.29) is 23.7 Å². The topological polar surface area (TPSA) is 114 Å². The maximum Gasteiger partial charge on any atom is 0.292 e. The Morgan fingerprint density at radius 3 is 2.42 bits per heavy atom. The van der Waals surface area contributed by atoms with E-state index < -0.39 is 10.8 Å². The SMILES string of the molecule is C/C(CC(=O)Nc1ccccc1[N+](=O)[O-])=N\NC(=O)c1ccc(C)cc1. The van der Waals surface area contributed by atoms with Crippen molar-refractivity contribution in [1.29, 1.82) is 0 Å². The Bertz CT molecular complexity index is 860. The second kappa shape index (κ2) is 8.52. The molecule has 8 nitrogen and oxygen atoms in total. The summed E-state index contributed by atoms with van der Waals surface area (Å²) in [6, 6.07) is 12.8. The zero-order chi connectivity index (χ0) is 19.1. The number of aryl methyl sites for hydroxylation is 1. The number of amides is 2. The van der Waals surface area contributed by atoms with Crippen LogP contribution in [0.25, 0.3) is 0 Å². The molecule has 2 amide bonds. The molecule has 8 heteroatoms. The third-order valence-corrected chi connectivity index (χ3v) is 3.45. The first-order valence-corrected chi connectivity index (χ1v) is 7.80. The summed E-state index contributed by atoms with van der Waals surface area (Å²) in [7, 11) is 0. The highest BCUT2D eigenvalue weighted by Gasteiger charge is 2.15. The van der Waals surface area contributed by atoms with Crippen molar-refractivity contribution >= 4 is 28.9 Å². The second-order valence-electron chi connectivity index (χ2n) is 5.65. The van der Waals surface area contributed by atoms with Gasteiger partial charge in [-0.3, -0.25) is 19.7 Å². The normalized spacial score (nSPS) is 10.9. The molecule has 0 heterocycles. The maximum atomic E-state index is 12.0. The summed E-state index contributed by atoms with van der Waals surface area (Å²) < 4.78 is 0. The Kier molecular flexibility index (Phi) is 6.15. The standard InChI is InChI=1S/C18H18N4O4/c1-12-7-9-14(10-8-12)18(24)21-20-13(2)11-17(23)19-15-5-3-4-6-16(15)22(25)26/h3-10H,11H2,1-2H3,(H,19,23)(H,21,24)/b20-13+. The first kappa shape index (κ1) is 18.8. The predicted octanol–water partition coefficient (Wildman–Crippen LogP) is 3.04. The Balaban J connectivity index is 1.94. The van der Waals surface area contributed by atoms with Gasteiger partial charge in [0.1, 0.15) is 5.69 Å². The highest BCUT2D eigenvalue weighted by Crippen LogP contribution is 2.23. The molecule has 0 unspecified atom stereocenters. The Morgan fingerprint density at radius 2 is 1.77 bits per heavy atom. The van der Waals surface area contributed by atoms with E-state index in [1.165, 1.54) is 18.2 Å². The molecule has 2 N–H and O–H groups in total. The highest BCUT2D eigenvalue weighted by molar-refractivity contribution is 6.06. The van der Waals surface area contributed by atoms with Crippen LogP contribution in [0.4, 0.5) is 11.4 Å². The van der Waals surface area contributed by atoms with Gasteiger partial charge in [-0.15, -0.1) is 0 Å². The minimum absolute atomic E-state index is 0.110. The lowest BCUT2D eigenvalue weighted by Crippen LogP contribution is -2.21. The molecule has 0 saturated carbocycles. The van der Waals surface area contributed by atoms with Crippen LogP contribution in [0.5, 0.6) is 0 Å². The number of nitrogens with one attached hydrogen (secondary N) is 2. The van der Waals surface area contributed by atoms with Gasteiger partial charge in [0, 0.05) is 17.3 Å². The molecule has 134 valence electrons. The summed E-state index contributed by atoms with van der Waals surface area (Å²) in [5.41, 5.74) is 4.15. The van der Waals surface area contributed by atoms with Crippen LogP contribution in [-0.4, -0.2) is 22.4 Å². The molecule has 0 aliphatic rings. The molecule has 0 aromatic heterocycles. The number of hydrazone groups is 1. The van der Waals surface area contributed by atoms with E-state index in [1.54, 1.807) is 25.1 Å². The minimum atomic E-state index is -0.571. The zero-order valence-electron chi connectivity index (χ0n) is 14.4. The minimum Gasteiger partial charge on any atom is -0.320 e. The van der Waals surface area contributed by atoms with E-state index in [2.05, 4.69) is 15.8 Å². The summed E-state index contributed by atoms with van der Waals surface area (Å²) in [4.78, 5) is 34.4. The molecule has 2 aromatic carbocycles. The molecule has 0 atom stereocenters. The van der Waals surface area contributed by atoms with E-state index >= 15 is 0 Å². The van der Waals surface area contributed by atoms with Crippen LogP contribution in [0, 0.1) is 17.0 Å². The van der Waals surface area contributed by atoms with Crippen molar-refractivity contribution in [3.8, 4) is 0 Å². The molecule has 0 radical (unpaired) electrons. The summed E-state index contributed by atoms with van der Waals surface area (Å²) in [6.07, 6.45) is -0.111. The predicted molar refractivity (Wildman–Crippen MR) is 98.1 cm³/mol. The Labute approximate surface area is 150 Å². The van der Waals surface area contributed by atoms with E-state index in [0.717, 1.165) is 5.56 Å². The number of carbonyl (C=O) groups is 2. The monoisotopic (exact) mass is 354 g/mol. The van der Waals surface area contributed by atoms with Gasteiger partial charge in [0.25, 0.3) is 11.6 Å². The Morgan fingerprint density at radius 1 is 1.12 bits per heavy atom. The van der Waals surface area contributed by atoms with Gasteiger partial charge in [-0.2, -0.15) is 5.10 Å². The van der Waals surface area contributed by atoms with Crippen LogP contribution in [-0.2, 0) is 4.79 Å². The van der Waals surface area contributed by atoms with Gasteiger partial charge in [0.05, 0.1) is 11.3 Å². The van der Waals surface area contributed by atoms with Gasteiger partial charge < -0.3 is 5.32 Å². The summed E-state index contributed by atoms with van der Waals surface area (Å²) in [6.45, 7) is 3.49. The molecule has 0 spiro atoms. The van der Waals surface area contributed by atoms with Crippen molar-refractivity contribution in [3.05, 3.63) is 69.8 Å². The lowest BCUT2D eigenvalue weighted by atomic mass is 10.1. The van der Waals surface area contributed by atoms with E-state index in [9.17, 15) is 19.7 Å². The lowest BCUT2D eigenvalue weighted by Gasteiger charge is -2.06. The molecule has 26 heavy (non-hydrogen) atoms. The number of nitro benzene ring substituents is 1. The van der Waals surface area contributed by atoms with Crippen LogP contribution < -0.4 is 10.7 Å². The fourth-order valence-corrected chi connectivity index (χ4v) is 2.12. The van der Waals surface area contributed by atoms with E-state index in [4.69, 9.17) is 0 Å². The number of rotatable bonds is 6. The molecule has 0 fully saturated rings. The molecule has 0 saturated heterocycles. The van der Waals surface area contributed by atoms with Crippen LogP contribution in [0.2, 0.25) is 0 Å². The van der Waals surface area contributed by atoms with Gasteiger partial charge >= 0.3 is 0 Å². The van der Waals surface area contributed by atoms with Gasteiger partial charge in [-0.1, -0.05) is 29.8 Å². The number of nitro groups is 1. The first-order chi connectivity index (χ1) is 12.4. The smallest absolute Gasteiger partial charge is 0.292 e. The quantitative estimate of drug-likeness (QED) is 0.471. The van der Waals surface area contributed by atoms with Crippen molar-refractivity contribution in [3.63, 3.8) is 0 Å². The Hall–Kier alpha value is -3.55. The van der Waals surface area contributed by atoms with Crippen molar-refractivity contribution in [2.24, 2.45) is 5.10 Å². The molecule has 2 aromatic rings. The third-order valence-electron chi connectivity index (χ3n) is 3.45. The maximum absolute atomic E-state index is 12.0. The fraction of sp³-hybridized carbons (Fsp3) is 0.167. The number of hydrogen-bond acceptors (Lipinski definition) is 5. The third kappa shape index (κ3) is 5.23. The van der Waals surface area contributed by atoms with Gasteiger partial charge in [0.15, 0.2) is 0 Å². The van der Waals surface area contributed by atoms with Crippen molar-refractivity contribution in [2.45, 2.75) is 20.3 Å². The van der Waals surface area contributed by atoms with Crippen molar-refractivity contribution in [1.82, 2.24) is 5.43 Å². The number of benzene rings is 2.